The van der Waals surface area contributed by atoms with E-state index in [1.165, 1.54) is 16.4 Å². The van der Waals surface area contributed by atoms with Crippen molar-refractivity contribution in [1.82, 2.24) is 25.5 Å². The molecule has 2 aromatic rings. The number of benzene rings is 1. The minimum atomic E-state index is -0.0478. The van der Waals surface area contributed by atoms with Crippen LogP contribution in [0.1, 0.15) is 18.5 Å². The Morgan fingerprint density at radius 3 is 2.75 bits per heavy atom. The van der Waals surface area contributed by atoms with Crippen LogP contribution in [0.4, 0.5) is 0 Å². The molecule has 1 amide bonds. The summed E-state index contributed by atoms with van der Waals surface area (Å²) in [6.07, 6.45) is 0. The summed E-state index contributed by atoms with van der Waals surface area (Å²) in [6, 6.07) is 7.84. The highest BCUT2D eigenvalue weighted by Crippen LogP contribution is 2.17. The number of amides is 1. The van der Waals surface area contributed by atoms with Crippen LogP contribution in [-0.4, -0.2) is 31.9 Å². The van der Waals surface area contributed by atoms with Crippen LogP contribution in [0.15, 0.2) is 33.9 Å². The van der Waals surface area contributed by atoms with E-state index in [0.29, 0.717) is 5.16 Å². The Kier molecular flexibility index (Phi) is 5.13. The van der Waals surface area contributed by atoms with Crippen LogP contribution in [0.2, 0.25) is 0 Å². The van der Waals surface area contributed by atoms with Gasteiger partial charge in [0.05, 0.1) is 11.8 Å². The van der Waals surface area contributed by atoms with Gasteiger partial charge in [-0.3, -0.25) is 4.79 Å². The lowest BCUT2D eigenvalue weighted by molar-refractivity contribution is -0.119. The number of nitrogens with one attached hydrogen (secondary N) is 1. The first kappa shape index (κ1) is 15.0. The van der Waals surface area contributed by atoms with Crippen LogP contribution in [0, 0.1) is 0 Å². The molecule has 0 spiro atoms. The Labute approximate surface area is 129 Å². The van der Waals surface area contributed by atoms with Gasteiger partial charge >= 0.3 is 0 Å². The lowest BCUT2D eigenvalue weighted by Gasteiger charge is -2.14. The van der Waals surface area contributed by atoms with Crippen molar-refractivity contribution in [2.75, 3.05) is 5.75 Å². The van der Waals surface area contributed by atoms with Crippen LogP contribution in [0.5, 0.6) is 0 Å². The molecule has 0 aliphatic heterocycles. The van der Waals surface area contributed by atoms with Gasteiger partial charge in [0.15, 0.2) is 0 Å². The molecule has 1 aromatic heterocycles. The summed E-state index contributed by atoms with van der Waals surface area (Å²) in [5, 5.41) is 14.6. The van der Waals surface area contributed by atoms with E-state index in [1.807, 2.05) is 31.2 Å². The van der Waals surface area contributed by atoms with Gasteiger partial charge in [0.2, 0.25) is 11.1 Å². The third-order valence-electron chi connectivity index (χ3n) is 2.66. The standard InChI is InChI=1S/C12H14BrN5OS/c1-8(9-3-5-10(13)6-4-9)14-11(19)7-20-12-15-16-17-18(12)2/h3-6,8H,7H2,1-2H3,(H,14,19)/t8-/m0/s1. The van der Waals surface area contributed by atoms with Gasteiger partial charge in [-0.25, -0.2) is 4.68 Å². The van der Waals surface area contributed by atoms with E-state index in [2.05, 4.69) is 36.8 Å². The Balaban J connectivity index is 1.85. The summed E-state index contributed by atoms with van der Waals surface area (Å²) >= 11 is 4.70. The second-order valence-electron chi connectivity index (χ2n) is 4.21. The molecule has 0 fully saturated rings. The number of carbonyl (C=O) groups is 1. The number of aryl methyl sites for hydroxylation is 1. The van der Waals surface area contributed by atoms with E-state index in [-0.39, 0.29) is 17.7 Å². The summed E-state index contributed by atoms with van der Waals surface area (Å²) in [6.45, 7) is 1.95. The average molecular weight is 356 g/mol. The zero-order valence-corrected chi connectivity index (χ0v) is 13.5. The summed E-state index contributed by atoms with van der Waals surface area (Å²) in [7, 11) is 1.74. The van der Waals surface area contributed by atoms with Crippen molar-refractivity contribution in [3.05, 3.63) is 34.3 Å². The smallest absolute Gasteiger partial charge is 0.230 e. The molecule has 1 atom stereocenters. The largest absolute Gasteiger partial charge is 0.349 e. The minimum absolute atomic E-state index is 0.0335. The Bertz CT molecular complexity index is 586. The second-order valence-corrected chi connectivity index (χ2v) is 6.07. The van der Waals surface area contributed by atoms with E-state index in [1.54, 1.807) is 7.05 Å². The molecule has 2 rings (SSSR count). The first-order valence-corrected chi connectivity index (χ1v) is 7.74. The van der Waals surface area contributed by atoms with Crippen LogP contribution in [0.25, 0.3) is 0 Å². The molecule has 20 heavy (non-hydrogen) atoms. The molecule has 1 N–H and O–H groups in total. The molecule has 1 aromatic carbocycles. The number of carbonyl (C=O) groups excluding carboxylic acids is 1. The van der Waals surface area contributed by atoms with Crippen molar-refractivity contribution in [3.8, 4) is 0 Å². The van der Waals surface area contributed by atoms with Crippen LogP contribution in [0.3, 0.4) is 0 Å². The number of hydrogen-bond acceptors (Lipinski definition) is 5. The molecular weight excluding hydrogens is 342 g/mol. The first-order valence-electron chi connectivity index (χ1n) is 5.96. The molecule has 8 heteroatoms. The summed E-state index contributed by atoms with van der Waals surface area (Å²) < 4.78 is 2.56. The van der Waals surface area contributed by atoms with E-state index in [4.69, 9.17) is 0 Å². The number of hydrogen-bond donors (Lipinski definition) is 1. The average Bonchev–Trinajstić information content (AvgIpc) is 2.82. The molecule has 6 nitrogen and oxygen atoms in total. The molecule has 1 heterocycles. The highest BCUT2D eigenvalue weighted by atomic mass is 79.9. The van der Waals surface area contributed by atoms with Crippen LogP contribution in [-0.2, 0) is 11.8 Å². The Hall–Kier alpha value is -1.41. The number of tetrazole rings is 1. The van der Waals surface area contributed by atoms with Gasteiger partial charge in [-0.1, -0.05) is 39.8 Å². The van der Waals surface area contributed by atoms with E-state index >= 15 is 0 Å². The third kappa shape index (κ3) is 4.04. The number of aromatic nitrogens is 4. The van der Waals surface area contributed by atoms with Gasteiger partial charge in [0.1, 0.15) is 0 Å². The van der Waals surface area contributed by atoms with Gasteiger partial charge in [-0.2, -0.15) is 0 Å². The Morgan fingerprint density at radius 1 is 1.45 bits per heavy atom. The highest BCUT2D eigenvalue weighted by molar-refractivity contribution is 9.10. The number of halogens is 1. The van der Waals surface area contributed by atoms with Gasteiger partial charge < -0.3 is 5.32 Å². The molecule has 0 saturated carbocycles. The number of rotatable bonds is 5. The first-order chi connectivity index (χ1) is 9.56. The molecule has 0 aliphatic carbocycles. The van der Waals surface area contributed by atoms with E-state index in [9.17, 15) is 4.79 Å². The maximum atomic E-state index is 11.9. The predicted molar refractivity (Wildman–Crippen MR) is 80.2 cm³/mol. The lowest BCUT2D eigenvalue weighted by Crippen LogP contribution is -2.28. The van der Waals surface area contributed by atoms with Crippen molar-refractivity contribution in [3.63, 3.8) is 0 Å². The Morgan fingerprint density at radius 2 is 2.15 bits per heavy atom. The fraction of sp³-hybridized carbons (Fsp3) is 0.333. The molecule has 0 bridgehead atoms. The monoisotopic (exact) mass is 355 g/mol. The summed E-state index contributed by atoms with van der Waals surface area (Å²) in [4.78, 5) is 11.9. The zero-order valence-electron chi connectivity index (χ0n) is 11.1. The van der Waals surface area contributed by atoms with Crippen molar-refractivity contribution >= 4 is 33.6 Å². The summed E-state index contributed by atoms with van der Waals surface area (Å²) in [5.74, 6) is 0.239. The van der Waals surface area contributed by atoms with Crippen LogP contribution < -0.4 is 5.32 Å². The van der Waals surface area contributed by atoms with E-state index in [0.717, 1.165) is 10.0 Å². The fourth-order valence-electron chi connectivity index (χ4n) is 1.59. The molecule has 0 unspecified atom stereocenters. The topological polar surface area (TPSA) is 72.7 Å². The van der Waals surface area contributed by atoms with Gasteiger partial charge in [0.25, 0.3) is 0 Å². The van der Waals surface area contributed by atoms with E-state index < -0.39 is 0 Å². The number of thioether (sulfide) groups is 1. The maximum Gasteiger partial charge on any atom is 0.230 e. The number of nitrogens with zero attached hydrogens (tertiary/aromatic N) is 4. The van der Waals surface area contributed by atoms with Gasteiger partial charge in [-0.15, -0.1) is 5.10 Å². The quantitative estimate of drug-likeness (QED) is 0.829. The van der Waals surface area contributed by atoms with Crippen molar-refractivity contribution in [1.29, 1.82) is 0 Å². The fourth-order valence-corrected chi connectivity index (χ4v) is 2.52. The predicted octanol–water partition coefficient (Wildman–Crippen LogP) is 1.94. The van der Waals surface area contributed by atoms with Crippen molar-refractivity contribution in [2.45, 2.75) is 18.1 Å². The molecular formula is C12H14BrN5OS. The summed E-state index contributed by atoms with van der Waals surface area (Å²) in [5.41, 5.74) is 1.06. The van der Waals surface area contributed by atoms with Gasteiger partial charge in [0, 0.05) is 11.5 Å². The minimum Gasteiger partial charge on any atom is -0.349 e. The van der Waals surface area contributed by atoms with Gasteiger partial charge in [-0.05, 0) is 35.0 Å². The van der Waals surface area contributed by atoms with Crippen LogP contribution >= 0.6 is 27.7 Å². The SMILES string of the molecule is C[C@H](NC(=O)CSc1nnnn1C)c1ccc(Br)cc1. The highest BCUT2D eigenvalue weighted by Gasteiger charge is 2.11. The third-order valence-corrected chi connectivity index (χ3v) is 4.20. The molecule has 0 radical (unpaired) electrons. The maximum absolute atomic E-state index is 11.9. The molecule has 0 aliphatic rings. The van der Waals surface area contributed by atoms with Crippen molar-refractivity contribution < 1.29 is 4.79 Å². The van der Waals surface area contributed by atoms with Crippen molar-refractivity contribution in [2.24, 2.45) is 7.05 Å². The zero-order chi connectivity index (χ0) is 14.5. The second kappa shape index (κ2) is 6.85. The molecule has 0 saturated heterocycles. The lowest BCUT2D eigenvalue weighted by atomic mass is 10.1. The molecule has 106 valence electrons. The normalized spacial score (nSPS) is 12.2.